The van der Waals surface area contributed by atoms with Crippen molar-refractivity contribution in [3.8, 4) is 5.75 Å². The number of hydrogen-bond donors (Lipinski definition) is 1. The Labute approximate surface area is 163 Å². The molecule has 27 heavy (non-hydrogen) atoms. The van der Waals surface area contributed by atoms with Gasteiger partial charge in [-0.1, -0.05) is 63.2 Å². The van der Waals surface area contributed by atoms with Gasteiger partial charge < -0.3 is 9.84 Å². The Morgan fingerprint density at radius 2 is 1.85 bits per heavy atom. The Hall–Kier alpha value is -1.84. The molecule has 2 aliphatic rings. The summed E-state index contributed by atoms with van der Waals surface area (Å²) in [5, 5.41) is 10.5. The highest BCUT2D eigenvalue weighted by Gasteiger charge is 2.56. The van der Waals surface area contributed by atoms with Crippen molar-refractivity contribution in [3.63, 3.8) is 0 Å². The molecule has 1 aliphatic heterocycles. The third-order valence-electron chi connectivity index (χ3n) is 7.37. The normalized spacial score (nSPS) is 26.6. The van der Waals surface area contributed by atoms with E-state index in [9.17, 15) is 5.11 Å². The molecule has 2 bridgehead atoms. The van der Waals surface area contributed by atoms with Gasteiger partial charge in [0.1, 0.15) is 5.75 Å². The van der Waals surface area contributed by atoms with Crippen LogP contribution in [0.3, 0.4) is 0 Å². The Balaban J connectivity index is 1.47. The molecule has 144 valence electrons. The van der Waals surface area contributed by atoms with E-state index in [1.54, 1.807) is 0 Å². The van der Waals surface area contributed by atoms with E-state index in [-0.39, 0.29) is 10.8 Å². The molecule has 0 radical (unpaired) electrons. The van der Waals surface area contributed by atoms with Crippen LogP contribution in [0.1, 0.15) is 43.9 Å². The van der Waals surface area contributed by atoms with Crippen molar-refractivity contribution in [2.75, 3.05) is 19.7 Å². The predicted octanol–water partition coefficient (Wildman–Crippen LogP) is 4.52. The molecule has 2 atom stereocenters. The van der Waals surface area contributed by atoms with Crippen molar-refractivity contribution < 1.29 is 9.84 Å². The number of fused-ring (bicyclic) bond motifs is 4. The molecular weight excluding hydrogens is 334 g/mol. The van der Waals surface area contributed by atoms with Crippen molar-refractivity contribution in [3.05, 3.63) is 65.2 Å². The quantitative estimate of drug-likeness (QED) is 0.791. The maximum Gasteiger partial charge on any atom is 0.119 e. The number of hydrogen-bond acceptors (Lipinski definition) is 3. The third kappa shape index (κ3) is 3.07. The summed E-state index contributed by atoms with van der Waals surface area (Å²) >= 11 is 0. The fourth-order valence-electron chi connectivity index (χ4n) is 5.25. The molecule has 3 nitrogen and oxygen atoms in total. The Bertz CT molecular complexity index is 801. The highest BCUT2D eigenvalue weighted by atomic mass is 16.5. The van der Waals surface area contributed by atoms with Gasteiger partial charge in [0.15, 0.2) is 0 Å². The summed E-state index contributed by atoms with van der Waals surface area (Å²) in [6.45, 7) is 10.6. The number of nitrogens with zero attached hydrogens (tertiary/aromatic N) is 1. The summed E-state index contributed by atoms with van der Waals surface area (Å²) in [6, 6.07) is 16.9. The summed E-state index contributed by atoms with van der Waals surface area (Å²) in [4.78, 5) is 2.59. The van der Waals surface area contributed by atoms with Gasteiger partial charge in [-0.2, -0.15) is 0 Å². The van der Waals surface area contributed by atoms with E-state index in [2.05, 4.69) is 56.0 Å². The van der Waals surface area contributed by atoms with Gasteiger partial charge in [-0.3, -0.25) is 4.90 Å². The molecule has 0 amide bonds. The monoisotopic (exact) mass is 365 g/mol. The summed E-state index contributed by atoms with van der Waals surface area (Å²) in [5.74, 6) is 0.460. The zero-order valence-electron chi connectivity index (χ0n) is 16.7. The van der Waals surface area contributed by atoms with E-state index >= 15 is 0 Å². The van der Waals surface area contributed by atoms with Gasteiger partial charge in [0.25, 0.3) is 0 Å². The Kier molecular flexibility index (Phi) is 4.77. The largest absolute Gasteiger partial charge is 0.508 e. The van der Waals surface area contributed by atoms with Crippen LogP contribution in [0.5, 0.6) is 5.75 Å². The molecule has 0 aromatic heterocycles. The molecule has 1 saturated heterocycles. The van der Waals surface area contributed by atoms with Crippen molar-refractivity contribution in [1.82, 2.24) is 4.90 Å². The van der Waals surface area contributed by atoms with Crippen LogP contribution in [-0.4, -0.2) is 35.7 Å². The molecule has 2 aromatic rings. The van der Waals surface area contributed by atoms with Crippen molar-refractivity contribution in [2.45, 2.75) is 51.7 Å². The average Bonchev–Trinajstić information content (AvgIpc) is 2.65. The fraction of sp³-hybridized carbons (Fsp3) is 0.500. The SMILES string of the molecule is CC1(C)[C@H]2Cc3c(O)cccc3[C@]1(C)CCN2CCOCc1ccccc1. The lowest BCUT2D eigenvalue weighted by molar-refractivity contribution is -0.0496. The molecule has 1 heterocycles. The van der Waals surface area contributed by atoms with E-state index in [0.717, 1.165) is 38.1 Å². The minimum atomic E-state index is 0.103. The molecule has 3 heteroatoms. The molecule has 1 fully saturated rings. The summed E-state index contributed by atoms with van der Waals surface area (Å²) in [5.41, 5.74) is 3.99. The molecule has 4 rings (SSSR count). The molecular formula is C24H31NO2. The van der Waals surface area contributed by atoms with Crippen LogP contribution in [0.25, 0.3) is 0 Å². The summed E-state index contributed by atoms with van der Waals surface area (Å²) in [6.07, 6.45) is 2.04. The zero-order valence-corrected chi connectivity index (χ0v) is 16.7. The van der Waals surface area contributed by atoms with Crippen LogP contribution in [0.4, 0.5) is 0 Å². The van der Waals surface area contributed by atoms with E-state index in [1.807, 2.05) is 18.2 Å². The van der Waals surface area contributed by atoms with Crippen molar-refractivity contribution in [2.24, 2.45) is 5.41 Å². The third-order valence-corrected chi connectivity index (χ3v) is 7.37. The number of ether oxygens (including phenoxy) is 1. The number of rotatable bonds is 5. The second kappa shape index (κ2) is 6.96. The Morgan fingerprint density at radius 1 is 1.07 bits per heavy atom. The van der Waals surface area contributed by atoms with Crippen LogP contribution in [-0.2, 0) is 23.2 Å². The van der Waals surface area contributed by atoms with Crippen molar-refractivity contribution >= 4 is 0 Å². The minimum absolute atomic E-state index is 0.103. The number of aromatic hydroxyl groups is 1. The molecule has 1 aliphatic carbocycles. The number of likely N-dealkylation sites (tertiary alicyclic amines) is 1. The van der Waals surface area contributed by atoms with E-state index in [4.69, 9.17) is 4.74 Å². The highest BCUT2D eigenvalue weighted by Crippen LogP contribution is 2.57. The minimum Gasteiger partial charge on any atom is -0.508 e. The first-order valence-electron chi connectivity index (χ1n) is 10.1. The summed E-state index contributed by atoms with van der Waals surface area (Å²) in [7, 11) is 0. The number of benzene rings is 2. The smallest absolute Gasteiger partial charge is 0.119 e. The topological polar surface area (TPSA) is 32.7 Å². The van der Waals surface area contributed by atoms with Gasteiger partial charge in [0.05, 0.1) is 13.2 Å². The lowest BCUT2D eigenvalue weighted by Gasteiger charge is -2.61. The van der Waals surface area contributed by atoms with Gasteiger partial charge >= 0.3 is 0 Å². The van der Waals surface area contributed by atoms with Crippen LogP contribution in [0, 0.1) is 5.41 Å². The van der Waals surface area contributed by atoms with Crippen molar-refractivity contribution in [1.29, 1.82) is 0 Å². The number of phenolic OH excluding ortho intramolecular Hbond substituents is 1. The van der Waals surface area contributed by atoms with Gasteiger partial charge in [0, 0.05) is 18.0 Å². The first-order valence-corrected chi connectivity index (χ1v) is 10.1. The van der Waals surface area contributed by atoms with Crippen LogP contribution < -0.4 is 0 Å². The first-order chi connectivity index (χ1) is 12.9. The maximum atomic E-state index is 10.5. The maximum absolute atomic E-state index is 10.5. The molecule has 1 N–H and O–H groups in total. The summed E-state index contributed by atoms with van der Waals surface area (Å²) < 4.78 is 5.96. The number of phenols is 1. The molecule has 2 aromatic carbocycles. The molecule has 0 saturated carbocycles. The first kappa shape index (κ1) is 18.5. The highest BCUT2D eigenvalue weighted by molar-refractivity contribution is 5.48. The zero-order chi connectivity index (χ0) is 19.1. The second-order valence-corrected chi connectivity index (χ2v) is 8.90. The van der Waals surface area contributed by atoms with Crippen LogP contribution in [0.2, 0.25) is 0 Å². The molecule has 0 spiro atoms. The fourth-order valence-corrected chi connectivity index (χ4v) is 5.25. The van der Waals surface area contributed by atoms with Gasteiger partial charge in [0.2, 0.25) is 0 Å². The Morgan fingerprint density at radius 3 is 2.63 bits per heavy atom. The standard InChI is InChI=1S/C24H31NO2/c1-23(2)22-16-19-20(10-7-11-21(19)26)24(23,3)12-13-25(22)14-15-27-17-18-8-5-4-6-9-18/h4-11,22,26H,12-17H2,1-3H3/t22-,24+/m1/s1. The average molecular weight is 366 g/mol. The van der Waals surface area contributed by atoms with E-state index in [1.165, 1.54) is 11.1 Å². The molecule has 0 unspecified atom stereocenters. The number of piperidine rings is 1. The predicted molar refractivity (Wildman–Crippen MR) is 109 cm³/mol. The lowest BCUT2D eigenvalue weighted by Crippen LogP contribution is -2.64. The van der Waals surface area contributed by atoms with Crippen LogP contribution in [0.15, 0.2) is 48.5 Å². The van der Waals surface area contributed by atoms with E-state index < -0.39 is 0 Å². The van der Waals surface area contributed by atoms with E-state index in [0.29, 0.717) is 18.4 Å². The van der Waals surface area contributed by atoms with Gasteiger partial charge in [-0.05, 0) is 47.6 Å². The second-order valence-electron chi connectivity index (χ2n) is 8.90. The lowest BCUT2D eigenvalue weighted by atomic mass is 9.51. The van der Waals surface area contributed by atoms with Gasteiger partial charge in [-0.15, -0.1) is 0 Å². The van der Waals surface area contributed by atoms with Crippen LogP contribution >= 0.6 is 0 Å². The van der Waals surface area contributed by atoms with Gasteiger partial charge in [-0.25, -0.2) is 0 Å².